The van der Waals surface area contributed by atoms with Crippen LogP contribution in [0.15, 0.2) is 0 Å². The number of phosphoric ester groups is 1. The molecule has 0 aromatic rings. The summed E-state index contributed by atoms with van der Waals surface area (Å²) in [4.78, 5) is 0. The van der Waals surface area contributed by atoms with Gasteiger partial charge in [0.25, 0.3) is 0 Å². The van der Waals surface area contributed by atoms with Gasteiger partial charge in [-0.15, -0.1) is 0 Å². The quantitative estimate of drug-likeness (QED) is 0.576. The van der Waals surface area contributed by atoms with Gasteiger partial charge in [-0.05, 0) is 26.7 Å². The van der Waals surface area contributed by atoms with E-state index in [-0.39, 0.29) is 26.1 Å². The second-order valence-corrected chi connectivity index (χ2v) is 3.42. The van der Waals surface area contributed by atoms with Crippen LogP contribution < -0.4 is 0 Å². The van der Waals surface area contributed by atoms with Gasteiger partial charge in [0.2, 0.25) is 0 Å². The first-order chi connectivity index (χ1) is 5.68. The summed E-state index contributed by atoms with van der Waals surface area (Å²) in [6.45, 7) is 10.3. The molecule has 0 fully saturated rings. The van der Waals surface area contributed by atoms with Crippen LogP contribution in [0.4, 0.5) is 0 Å². The highest BCUT2D eigenvalue weighted by atomic mass is 31.2. The summed E-state index contributed by atoms with van der Waals surface area (Å²) in [5.41, 5.74) is 0. The third kappa shape index (κ3) is 4.88. The van der Waals surface area contributed by atoms with Gasteiger partial charge in [-0.3, -0.25) is 13.6 Å². The van der Waals surface area contributed by atoms with Crippen molar-refractivity contribution < 1.29 is 18.1 Å². The molecule has 4 nitrogen and oxygen atoms in total. The number of hydrogen-bond donors (Lipinski definition) is 0. The average molecular weight is 190 g/mol. The zero-order chi connectivity index (χ0) is 9.45. The fourth-order valence-corrected chi connectivity index (χ4v) is 1.28. The van der Waals surface area contributed by atoms with E-state index in [1.807, 2.05) is 0 Å². The second-order valence-electron chi connectivity index (χ2n) is 1.80. The van der Waals surface area contributed by atoms with Gasteiger partial charge in [-0.2, -0.15) is 0 Å². The maximum absolute atomic E-state index is 11.2. The Bertz CT molecular complexity index is 136. The lowest BCUT2D eigenvalue weighted by Gasteiger charge is -2.13. The van der Waals surface area contributed by atoms with Crippen LogP contribution in [0.2, 0.25) is 0 Å². The zero-order valence-electron chi connectivity index (χ0n) is 6.64. The molecule has 0 amide bonds. The monoisotopic (exact) mass is 190 g/mol. The number of hydrogen-bond acceptors (Lipinski definition) is 4. The predicted molar refractivity (Wildman–Crippen MR) is 42.7 cm³/mol. The Balaban J connectivity index is 3.79. The molecular weight excluding hydrogens is 179 g/mol. The molecule has 0 rings (SSSR count). The van der Waals surface area contributed by atoms with Gasteiger partial charge in [0, 0.05) is 0 Å². The highest BCUT2D eigenvalue weighted by Crippen LogP contribution is 2.48. The molecule has 0 aromatic heterocycles. The summed E-state index contributed by atoms with van der Waals surface area (Å²) in [5, 5.41) is 0. The molecule has 0 N–H and O–H groups in total. The van der Waals surface area contributed by atoms with Crippen LogP contribution in [0.5, 0.6) is 0 Å². The second kappa shape index (κ2) is 6.61. The van der Waals surface area contributed by atoms with Crippen molar-refractivity contribution >= 4 is 7.82 Å². The molecule has 0 aliphatic rings. The molecule has 0 atom stereocenters. The van der Waals surface area contributed by atoms with E-state index >= 15 is 0 Å². The molecule has 0 aliphatic carbocycles. The Morgan fingerprint density at radius 3 is 1.75 bits per heavy atom. The summed E-state index contributed by atoms with van der Waals surface area (Å²) in [5.74, 6) is 0. The van der Waals surface area contributed by atoms with Crippen molar-refractivity contribution in [1.29, 1.82) is 0 Å². The van der Waals surface area contributed by atoms with Gasteiger partial charge in [-0.1, -0.05) is 0 Å². The predicted octanol–water partition coefficient (Wildman–Crippen LogP) is 2.02. The normalized spacial score (nSPS) is 11.9. The number of rotatable bonds is 7. The Morgan fingerprint density at radius 2 is 1.50 bits per heavy atom. The summed E-state index contributed by atoms with van der Waals surface area (Å²) >= 11 is 0. The van der Waals surface area contributed by atoms with Crippen LogP contribution >= 0.6 is 7.82 Å². The van der Waals surface area contributed by atoms with Gasteiger partial charge in [0.05, 0.1) is 13.2 Å². The lowest BCUT2D eigenvalue weighted by molar-refractivity contribution is 0.144. The fourth-order valence-electron chi connectivity index (χ4n) is 0.427. The first-order valence-corrected chi connectivity index (χ1v) is 4.82. The van der Waals surface area contributed by atoms with Crippen molar-refractivity contribution in [3.8, 4) is 0 Å². The lowest BCUT2D eigenvalue weighted by Crippen LogP contribution is -1.98. The standard InChI is InChI=1S/C7H11O4P/c1-4-6-10-12(8,9-3)11-7-5-2/h1-3H,4-7H2. The highest BCUT2D eigenvalue weighted by Gasteiger charge is 2.23. The smallest absolute Gasteiger partial charge is 0.287 e. The molecular formula is C7H11O4P. The molecule has 0 saturated heterocycles. The van der Waals surface area contributed by atoms with Crippen LogP contribution in [-0.2, 0) is 18.1 Å². The summed E-state index contributed by atoms with van der Waals surface area (Å²) in [6, 6.07) is 0. The summed E-state index contributed by atoms with van der Waals surface area (Å²) < 4.78 is 24.5. The molecule has 6 radical (unpaired) electrons. The van der Waals surface area contributed by atoms with Crippen molar-refractivity contribution in [2.75, 3.05) is 13.2 Å². The van der Waals surface area contributed by atoms with Gasteiger partial charge < -0.3 is 0 Å². The van der Waals surface area contributed by atoms with E-state index in [0.29, 0.717) is 0 Å². The molecule has 12 heavy (non-hydrogen) atoms. The molecule has 0 saturated carbocycles. The van der Waals surface area contributed by atoms with Crippen molar-refractivity contribution in [3.05, 3.63) is 21.0 Å². The Labute approximate surface area is 73.8 Å². The fraction of sp³-hybridized carbons (Fsp3) is 0.571. The first kappa shape index (κ1) is 12.1. The van der Waals surface area contributed by atoms with Crippen LogP contribution in [-0.4, -0.2) is 13.2 Å². The molecule has 5 heteroatoms. The number of phosphoric acid groups is 1. The lowest BCUT2D eigenvalue weighted by atomic mass is 10.5. The van der Waals surface area contributed by atoms with Crippen LogP contribution in [0, 0.1) is 21.0 Å². The Hall–Kier alpha value is 0.110. The third-order valence-corrected chi connectivity index (χ3v) is 2.12. The largest absolute Gasteiger partial charge is 0.475 e. The molecule has 0 unspecified atom stereocenters. The summed E-state index contributed by atoms with van der Waals surface area (Å²) in [6.07, 6.45) is 0.415. The Kier molecular flexibility index (Phi) is 6.67. The van der Waals surface area contributed by atoms with E-state index in [1.54, 1.807) is 0 Å². The van der Waals surface area contributed by atoms with Crippen molar-refractivity contribution in [3.63, 3.8) is 0 Å². The van der Waals surface area contributed by atoms with E-state index < -0.39 is 7.82 Å². The average Bonchev–Trinajstić information content (AvgIpc) is 2.11. The minimum atomic E-state index is -3.62. The molecule has 0 spiro atoms. The maximum atomic E-state index is 11.2. The maximum Gasteiger partial charge on any atom is 0.475 e. The van der Waals surface area contributed by atoms with E-state index in [4.69, 9.17) is 21.0 Å². The van der Waals surface area contributed by atoms with Gasteiger partial charge in [0.15, 0.2) is 0 Å². The zero-order valence-corrected chi connectivity index (χ0v) is 7.54. The van der Waals surface area contributed by atoms with Crippen molar-refractivity contribution in [2.45, 2.75) is 12.8 Å². The molecule has 0 aliphatic heterocycles. The van der Waals surface area contributed by atoms with E-state index in [1.165, 1.54) is 0 Å². The molecule has 0 heterocycles. The van der Waals surface area contributed by atoms with Gasteiger partial charge in [0.1, 0.15) is 7.11 Å². The van der Waals surface area contributed by atoms with E-state index in [9.17, 15) is 4.57 Å². The van der Waals surface area contributed by atoms with Crippen LogP contribution in [0.1, 0.15) is 12.8 Å². The molecule has 0 aromatic carbocycles. The van der Waals surface area contributed by atoms with Crippen molar-refractivity contribution in [2.24, 2.45) is 0 Å². The van der Waals surface area contributed by atoms with E-state index in [0.717, 1.165) is 0 Å². The third-order valence-electron chi connectivity index (χ3n) is 0.864. The topological polar surface area (TPSA) is 44.8 Å². The SMILES string of the molecule is [CH]CCOP(=O)(O[CH])OCC[CH]. The highest BCUT2D eigenvalue weighted by molar-refractivity contribution is 7.48. The van der Waals surface area contributed by atoms with Crippen molar-refractivity contribution in [1.82, 2.24) is 0 Å². The minimum Gasteiger partial charge on any atom is -0.287 e. The van der Waals surface area contributed by atoms with Gasteiger partial charge >= 0.3 is 7.82 Å². The first-order valence-electron chi connectivity index (χ1n) is 3.36. The minimum absolute atomic E-state index is 0.0546. The van der Waals surface area contributed by atoms with Gasteiger partial charge in [-0.25, -0.2) is 4.57 Å². The molecule has 0 bridgehead atoms. The van der Waals surface area contributed by atoms with Crippen LogP contribution in [0.25, 0.3) is 0 Å². The van der Waals surface area contributed by atoms with E-state index in [2.05, 4.69) is 13.6 Å². The summed E-state index contributed by atoms with van der Waals surface area (Å²) in [7, 11) is 1.08. The van der Waals surface area contributed by atoms with Crippen LogP contribution in [0.3, 0.4) is 0 Å². The Morgan fingerprint density at radius 1 is 1.08 bits per heavy atom. The molecule has 68 valence electrons.